The molecule has 4 heteroatoms. The lowest BCUT2D eigenvalue weighted by Crippen LogP contribution is -1.96. The first-order valence-electron chi connectivity index (χ1n) is 1.10. The first-order valence-corrected chi connectivity index (χ1v) is 1.10. The Balaban J connectivity index is 2.19. The van der Waals surface area contributed by atoms with Crippen LogP contribution in [-0.4, -0.2) is 24.6 Å². The molecule has 5 heavy (non-hydrogen) atoms. The molecule has 0 aromatic heterocycles. The van der Waals surface area contributed by atoms with Crippen molar-refractivity contribution < 1.29 is 14.8 Å². The van der Waals surface area contributed by atoms with Gasteiger partial charge >= 0.3 is 7.69 Å². The van der Waals surface area contributed by atoms with Crippen molar-refractivity contribution in [2.75, 3.05) is 6.79 Å². The van der Waals surface area contributed by atoms with Crippen LogP contribution in [0.2, 0.25) is 0 Å². The molecule has 0 saturated carbocycles. The molecule has 0 amide bonds. The third-order valence-corrected chi connectivity index (χ3v) is 0.149. The van der Waals surface area contributed by atoms with E-state index in [1.54, 1.807) is 0 Å². The van der Waals surface area contributed by atoms with E-state index in [1.807, 2.05) is 0 Å². The zero-order valence-electron chi connectivity index (χ0n) is 2.59. The molecule has 0 atom stereocenters. The Labute approximate surface area is 30.5 Å². The Bertz CT molecular complexity index is 14.4. The molecular weight excluding hydrogens is 70.8 g/mol. The molecule has 0 aliphatic carbocycles. The van der Waals surface area contributed by atoms with Crippen molar-refractivity contribution >= 4 is 7.69 Å². The average molecular weight is 74.9 g/mol. The zero-order valence-corrected chi connectivity index (χ0v) is 2.59. The molecule has 1 radical (unpaired) electrons. The second-order valence-corrected chi connectivity index (χ2v) is 0.401. The van der Waals surface area contributed by atoms with E-state index in [4.69, 9.17) is 10.1 Å². The molecule has 0 heterocycles. The normalized spacial score (nSPS) is 7.60. The van der Waals surface area contributed by atoms with Crippen molar-refractivity contribution in [3.05, 3.63) is 0 Å². The fraction of sp³-hybridized carbons (Fsp3) is 1.00. The highest BCUT2D eigenvalue weighted by Crippen LogP contribution is 1.52. The van der Waals surface area contributed by atoms with Crippen LogP contribution in [0.25, 0.3) is 0 Å². The molecule has 0 aliphatic heterocycles. The minimum absolute atomic E-state index is 0.431. The second-order valence-electron chi connectivity index (χ2n) is 0.401. The standard InChI is InChI=1S/CH4BO3/c3-1-5-2-4/h3-4H,1H2. The van der Waals surface area contributed by atoms with Gasteiger partial charge in [-0.3, -0.25) is 0 Å². The molecule has 0 bridgehead atoms. The van der Waals surface area contributed by atoms with Crippen molar-refractivity contribution in [2.24, 2.45) is 0 Å². The van der Waals surface area contributed by atoms with Crippen molar-refractivity contribution in [1.82, 2.24) is 0 Å². The van der Waals surface area contributed by atoms with E-state index in [9.17, 15) is 0 Å². The highest BCUT2D eigenvalue weighted by Gasteiger charge is 1.74. The summed E-state index contributed by atoms with van der Waals surface area (Å²) in [6.07, 6.45) is 0. The van der Waals surface area contributed by atoms with Gasteiger partial charge in [-0.15, -0.1) is 0 Å². The Kier molecular flexibility index (Phi) is 3.90. The van der Waals surface area contributed by atoms with Gasteiger partial charge in [0.2, 0.25) is 0 Å². The van der Waals surface area contributed by atoms with Crippen molar-refractivity contribution in [2.45, 2.75) is 0 Å². The molecular formula is CH4BO3. The van der Waals surface area contributed by atoms with Crippen LogP contribution in [-0.2, 0) is 4.65 Å². The molecule has 0 fully saturated rings. The third kappa shape index (κ3) is 3.94. The van der Waals surface area contributed by atoms with Gasteiger partial charge in [0.1, 0.15) is 6.79 Å². The molecule has 0 spiro atoms. The smallest absolute Gasteiger partial charge is 0.429 e. The van der Waals surface area contributed by atoms with Crippen LogP contribution in [0.1, 0.15) is 0 Å². The second kappa shape index (κ2) is 3.94. The fourth-order valence-corrected chi connectivity index (χ4v) is 0.0333. The van der Waals surface area contributed by atoms with E-state index < -0.39 is 6.79 Å². The number of aliphatic hydroxyl groups is 1. The van der Waals surface area contributed by atoms with Gasteiger partial charge in [-0.1, -0.05) is 0 Å². The lowest BCUT2D eigenvalue weighted by Gasteiger charge is -1.82. The van der Waals surface area contributed by atoms with E-state index in [1.165, 1.54) is 0 Å². The minimum atomic E-state index is -0.462. The molecule has 0 aliphatic rings. The van der Waals surface area contributed by atoms with Gasteiger partial charge in [-0.2, -0.15) is 0 Å². The van der Waals surface area contributed by atoms with Crippen LogP contribution in [0.5, 0.6) is 0 Å². The highest BCUT2D eigenvalue weighted by molar-refractivity contribution is 6.15. The van der Waals surface area contributed by atoms with Gasteiger partial charge in [-0.05, 0) is 0 Å². The van der Waals surface area contributed by atoms with Crippen LogP contribution in [0, 0.1) is 0 Å². The number of aliphatic hydroxyl groups excluding tert-OH is 1. The predicted octanol–water partition coefficient (Wildman–Crippen LogP) is -1.52. The summed E-state index contributed by atoms with van der Waals surface area (Å²) in [4.78, 5) is 0. The first-order chi connectivity index (χ1) is 2.41. The molecule has 0 aromatic rings. The van der Waals surface area contributed by atoms with Crippen LogP contribution >= 0.6 is 0 Å². The fourth-order valence-electron chi connectivity index (χ4n) is 0.0333. The van der Waals surface area contributed by atoms with Crippen molar-refractivity contribution in [3.63, 3.8) is 0 Å². The van der Waals surface area contributed by atoms with Crippen molar-refractivity contribution in [3.8, 4) is 0 Å². The Morgan fingerprint density at radius 2 is 2.40 bits per heavy atom. The summed E-state index contributed by atoms with van der Waals surface area (Å²) < 4.78 is 3.82. The predicted molar refractivity (Wildman–Crippen MR) is 16.1 cm³/mol. The van der Waals surface area contributed by atoms with Gasteiger partial charge in [-0.25, -0.2) is 0 Å². The quantitative estimate of drug-likeness (QED) is 0.309. The maximum Gasteiger partial charge on any atom is 0.486 e. The maximum atomic E-state index is 7.65. The third-order valence-electron chi connectivity index (χ3n) is 0.149. The van der Waals surface area contributed by atoms with Crippen LogP contribution in [0.15, 0.2) is 0 Å². The van der Waals surface area contributed by atoms with E-state index in [0.717, 1.165) is 0 Å². The van der Waals surface area contributed by atoms with E-state index in [0.29, 0.717) is 7.69 Å². The Hall–Kier alpha value is -0.0551. The molecule has 29 valence electrons. The Morgan fingerprint density at radius 1 is 1.80 bits per heavy atom. The molecule has 0 aromatic carbocycles. The van der Waals surface area contributed by atoms with Crippen LogP contribution < -0.4 is 0 Å². The average Bonchev–Trinajstić information content (AvgIpc) is 1.41. The Morgan fingerprint density at radius 3 is 2.40 bits per heavy atom. The molecule has 0 unspecified atom stereocenters. The zero-order chi connectivity index (χ0) is 4.12. The summed E-state index contributed by atoms with van der Waals surface area (Å²) in [5.74, 6) is 0. The number of rotatable bonds is 2. The highest BCUT2D eigenvalue weighted by atomic mass is 16.6. The summed E-state index contributed by atoms with van der Waals surface area (Å²) in [6, 6.07) is 0. The first kappa shape index (κ1) is 4.94. The van der Waals surface area contributed by atoms with Gasteiger partial charge in [0.25, 0.3) is 0 Å². The van der Waals surface area contributed by atoms with E-state index in [2.05, 4.69) is 4.65 Å². The maximum absolute atomic E-state index is 7.65. The molecule has 2 N–H and O–H groups in total. The number of hydrogen-bond donors (Lipinski definition) is 2. The summed E-state index contributed by atoms with van der Waals surface area (Å²) in [6.45, 7) is -0.462. The van der Waals surface area contributed by atoms with Gasteiger partial charge < -0.3 is 14.8 Å². The molecule has 0 saturated heterocycles. The van der Waals surface area contributed by atoms with Gasteiger partial charge in [0, 0.05) is 0 Å². The lowest BCUT2D eigenvalue weighted by atomic mass is 10.4. The lowest BCUT2D eigenvalue weighted by molar-refractivity contribution is 0.0887. The largest absolute Gasteiger partial charge is 0.486 e. The summed E-state index contributed by atoms with van der Waals surface area (Å²) in [7, 11) is 0.431. The summed E-state index contributed by atoms with van der Waals surface area (Å²) in [5.41, 5.74) is 0. The van der Waals surface area contributed by atoms with Crippen LogP contribution in [0.4, 0.5) is 0 Å². The minimum Gasteiger partial charge on any atom is -0.429 e. The topological polar surface area (TPSA) is 49.7 Å². The van der Waals surface area contributed by atoms with Gasteiger partial charge in [0.15, 0.2) is 0 Å². The van der Waals surface area contributed by atoms with Crippen LogP contribution in [0.3, 0.4) is 0 Å². The summed E-state index contributed by atoms with van der Waals surface area (Å²) >= 11 is 0. The molecule has 0 rings (SSSR count). The number of hydrogen-bond acceptors (Lipinski definition) is 3. The van der Waals surface area contributed by atoms with Crippen molar-refractivity contribution in [1.29, 1.82) is 0 Å². The van der Waals surface area contributed by atoms with E-state index in [-0.39, 0.29) is 0 Å². The SMILES string of the molecule is O[B]OCO. The molecule has 3 nitrogen and oxygen atoms in total. The monoisotopic (exact) mass is 75.0 g/mol. The van der Waals surface area contributed by atoms with E-state index >= 15 is 0 Å². The van der Waals surface area contributed by atoms with Gasteiger partial charge in [0.05, 0.1) is 0 Å². The summed E-state index contributed by atoms with van der Waals surface area (Å²) in [5, 5.41) is 15.2.